The molecule has 1 amide bonds. The molecule has 0 bridgehead atoms. The van der Waals surface area contributed by atoms with Crippen molar-refractivity contribution >= 4 is 21.8 Å². The van der Waals surface area contributed by atoms with Gasteiger partial charge in [0.1, 0.15) is 0 Å². The van der Waals surface area contributed by atoms with Gasteiger partial charge >= 0.3 is 0 Å². The van der Waals surface area contributed by atoms with Gasteiger partial charge in [-0.2, -0.15) is 0 Å². The molecule has 0 rings (SSSR count). The molecule has 0 N–H and O–H groups in total. The van der Waals surface area contributed by atoms with Crippen LogP contribution in [0.2, 0.25) is 0 Å². The topological polar surface area (TPSA) is 20.3 Å². The van der Waals surface area contributed by atoms with Crippen molar-refractivity contribution in [3.63, 3.8) is 0 Å². The van der Waals surface area contributed by atoms with E-state index in [1.165, 1.54) is 0 Å². The molecule has 116 valence electrons. The van der Waals surface area contributed by atoms with Gasteiger partial charge in [-0.25, -0.2) is 0 Å². The largest absolute Gasteiger partial charge is 0.343 e. The van der Waals surface area contributed by atoms with Crippen LogP contribution in [0.25, 0.3) is 0 Å². The summed E-state index contributed by atoms with van der Waals surface area (Å²) in [6, 6.07) is 0. The van der Waals surface area contributed by atoms with Crippen LogP contribution in [0.4, 0.5) is 0 Å². The van der Waals surface area contributed by atoms with Gasteiger partial charge < -0.3 is 4.90 Å². The first-order valence-electron chi connectivity index (χ1n) is 8.00. The van der Waals surface area contributed by atoms with E-state index in [4.69, 9.17) is 13.8 Å². The van der Waals surface area contributed by atoms with E-state index in [0.717, 1.165) is 82.6 Å². The Labute approximate surface area is 134 Å². The number of hydrogen-bond donors (Lipinski definition) is 0. The first-order chi connectivity index (χ1) is 9.76. The molecule has 0 spiro atoms. The maximum atomic E-state index is 12.2. The van der Waals surface area contributed by atoms with Crippen molar-refractivity contribution in [2.45, 2.75) is 70.6 Å². The maximum Gasteiger partial charge on any atom is 0.222 e. The van der Waals surface area contributed by atoms with Gasteiger partial charge in [-0.15, -0.1) is 0 Å². The molecular weight excluding hydrogens is 314 g/mol. The zero-order valence-electron chi connectivity index (χ0n) is 12.8. The highest BCUT2D eigenvalue weighted by atomic mass is 79.9. The zero-order chi connectivity index (χ0) is 15.1. The van der Waals surface area contributed by atoms with Gasteiger partial charge in [0.15, 0.2) is 0 Å². The second kappa shape index (κ2) is 15.3. The Bertz CT molecular complexity index is 209. The van der Waals surface area contributed by atoms with Crippen LogP contribution in [0, 0.1) is 13.8 Å². The lowest BCUT2D eigenvalue weighted by Crippen LogP contribution is -2.32. The van der Waals surface area contributed by atoms with Gasteiger partial charge in [-0.05, 0) is 52.4 Å². The van der Waals surface area contributed by atoms with Crippen molar-refractivity contribution < 1.29 is 4.79 Å². The van der Waals surface area contributed by atoms with Crippen molar-refractivity contribution in [1.82, 2.24) is 4.90 Å². The summed E-state index contributed by atoms with van der Waals surface area (Å²) in [5.41, 5.74) is 0. The minimum absolute atomic E-state index is 0.312. The second-order valence-corrected chi connectivity index (χ2v) is 6.02. The van der Waals surface area contributed by atoms with Crippen molar-refractivity contribution in [1.29, 1.82) is 0 Å². The fraction of sp³-hybridized carbons (Fsp3) is 0.824. The van der Waals surface area contributed by atoms with Gasteiger partial charge in [0, 0.05) is 24.8 Å². The van der Waals surface area contributed by atoms with Crippen LogP contribution >= 0.6 is 15.9 Å². The maximum absolute atomic E-state index is 12.2. The summed E-state index contributed by atoms with van der Waals surface area (Å²) >= 11 is 3.41. The number of carbonyl (C=O) groups excluding carboxylic acids is 1. The normalized spacial score (nSPS) is 10.8. The number of carbonyl (C=O) groups is 1. The van der Waals surface area contributed by atoms with Crippen LogP contribution in [-0.2, 0) is 4.79 Å². The molecule has 0 atom stereocenters. The molecule has 0 saturated heterocycles. The molecule has 4 radical (unpaired) electrons. The van der Waals surface area contributed by atoms with Gasteiger partial charge in [0.25, 0.3) is 0 Å². The van der Waals surface area contributed by atoms with Crippen LogP contribution in [0.1, 0.15) is 70.6 Å². The smallest absolute Gasteiger partial charge is 0.222 e. The number of halogens is 1. The Morgan fingerprint density at radius 3 is 1.80 bits per heavy atom. The van der Waals surface area contributed by atoms with Crippen LogP contribution in [0.3, 0.4) is 0 Å². The predicted molar refractivity (Wildman–Crippen MR) is 89.8 cm³/mol. The molecule has 0 aliphatic carbocycles. The summed E-state index contributed by atoms with van der Waals surface area (Å²) in [7, 11) is 0. The first-order valence-corrected chi connectivity index (χ1v) is 9.12. The Morgan fingerprint density at radius 1 is 0.800 bits per heavy atom. The number of nitrogens with zero attached hydrogens (tertiary/aromatic N) is 1. The van der Waals surface area contributed by atoms with Gasteiger partial charge in [0.2, 0.25) is 5.91 Å². The fourth-order valence-electron chi connectivity index (χ4n) is 2.14. The summed E-state index contributed by atoms with van der Waals surface area (Å²) in [4.78, 5) is 14.2. The average molecular weight is 344 g/mol. The van der Waals surface area contributed by atoms with E-state index in [1.54, 1.807) is 0 Å². The summed E-state index contributed by atoms with van der Waals surface area (Å²) in [6.07, 6.45) is 10.7. The number of unbranched alkanes of at least 4 members (excludes halogenated alkanes) is 7. The molecule has 0 aromatic rings. The number of amides is 1. The highest BCUT2D eigenvalue weighted by Gasteiger charge is 2.12. The standard InChI is InChI=1S/C17H30BrNO/c1-3-5-7-11-15-19(16-12-8-6-4-2)17(20)13-9-10-14-18/h1-2H,3-16H2. The quantitative estimate of drug-likeness (QED) is 0.323. The molecule has 0 aliphatic rings. The lowest BCUT2D eigenvalue weighted by molar-refractivity contribution is -0.131. The average Bonchev–Trinajstić information content (AvgIpc) is 2.45. The predicted octanol–water partition coefficient (Wildman–Crippen LogP) is 4.92. The monoisotopic (exact) mass is 343 g/mol. The molecule has 0 aromatic carbocycles. The third kappa shape index (κ3) is 11.7. The van der Waals surface area contributed by atoms with Crippen molar-refractivity contribution in [3.05, 3.63) is 13.8 Å². The third-order valence-corrected chi connectivity index (χ3v) is 3.95. The number of hydrogen-bond acceptors (Lipinski definition) is 1. The minimum Gasteiger partial charge on any atom is -0.343 e. The number of alkyl halides is 1. The SMILES string of the molecule is [CH]CCCCCN(CCCCC[CH])C(=O)CCCCBr. The molecule has 0 aliphatic heterocycles. The number of rotatable bonds is 14. The summed E-state index contributed by atoms with van der Waals surface area (Å²) in [6.45, 7) is 12.8. The van der Waals surface area contributed by atoms with E-state index >= 15 is 0 Å². The summed E-state index contributed by atoms with van der Waals surface area (Å²) in [5.74, 6) is 0.312. The minimum atomic E-state index is 0.312. The summed E-state index contributed by atoms with van der Waals surface area (Å²) in [5, 5.41) is 0.979. The molecule has 0 heterocycles. The highest BCUT2D eigenvalue weighted by Crippen LogP contribution is 2.09. The molecule has 0 unspecified atom stereocenters. The molecule has 3 heteroatoms. The Balaban J connectivity index is 3.98. The molecule has 0 fully saturated rings. The van der Waals surface area contributed by atoms with Crippen LogP contribution in [-0.4, -0.2) is 29.2 Å². The van der Waals surface area contributed by atoms with Crippen molar-refractivity contribution in [2.75, 3.05) is 18.4 Å². The molecule has 20 heavy (non-hydrogen) atoms. The fourth-order valence-corrected chi connectivity index (χ4v) is 2.53. The van der Waals surface area contributed by atoms with Crippen molar-refractivity contribution in [2.24, 2.45) is 0 Å². The molecule has 2 nitrogen and oxygen atoms in total. The Hall–Kier alpha value is -0.0500. The van der Waals surface area contributed by atoms with Gasteiger partial charge in [0.05, 0.1) is 0 Å². The van der Waals surface area contributed by atoms with Gasteiger partial charge in [-0.3, -0.25) is 4.79 Å². The first kappa shape index (κ1) is 19.9. The molecular formula is C17H30BrNO. The van der Waals surface area contributed by atoms with Crippen LogP contribution in [0.5, 0.6) is 0 Å². The zero-order valence-corrected chi connectivity index (χ0v) is 14.4. The Kier molecular flexibility index (Phi) is 15.3. The lowest BCUT2D eigenvalue weighted by Gasteiger charge is -2.23. The van der Waals surface area contributed by atoms with Crippen LogP contribution in [0.15, 0.2) is 0 Å². The Morgan fingerprint density at radius 2 is 1.35 bits per heavy atom. The van der Waals surface area contributed by atoms with Gasteiger partial charge in [-0.1, -0.05) is 41.6 Å². The summed E-state index contributed by atoms with van der Waals surface area (Å²) < 4.78 is 0. The van der Waals surface area contributed by atoms with E-state index in [2.05, 4.69) is 15.9 Å². The van der Waals surface area contributed by atoms with E-state index < -0.39 is 0 Å². The third-order valence-electron chi connectivity index (χ3n) is 3.39. The highest BCUT2D eigenvalue weighted by molar-refractivity contribution is 9.09. The van der Waals surface area contributed by atoms with Crippen molar-refractivity contribution in [3.8, 4) is 0 Å². The van der Waals surface area contributed by atoms with E-state index in [-0.39, 0.29) is 0 Å². The van der Waals surface area contributed by atoms with Crippen LogP contribution < -0.4 is 0 Å². The second-order valence-electron chi connectivity index (χ2n) is 5.23. The lowest BCUT2D eigenvalue weighted by atomic mass is 10.1. The van der Waals surface area contributed by atoms with E-state index in [0.29, 0.717) is 12.3 Å². The van der Waals surface area contributed by atoms with E-state index in [1.807, 2.05) is 4.90 Å². The van der Waals surface area contributed by atoms with E-state index in [9.17, 15) is 4.79 Å². The molecule has 0 saturated carbocycles. The molecule has 0 aromatic heterocycles.